The number of hydrogen-bond acceptors (Lipinski definition) is 3. The Kier molecular flexibility index (Phi) is 4.86. The molecule has 5 rings (SSSR count). The molecule has 3 aromatic rings. The van der Waals surface area contributed by atoms with Crippen molar-refractivity contribution in [1.82, 2.24) is 0 Å². The van der Waals surface area contributed by atoms with Gasteiger partial charge in [0, 0.05) is 12.2 Å². The molecule has 0 aliphatic carbocycles. The zero-order valence-corrected chi connectivity index (χ0v) is 18.4. The van der Waals surface area contributed by atoms with Gasteiger partial charge in [0.2, 0.25) is 0 Å². The molecule has 0 unspecified atom stereocenters. The Morgan fingerprint density at radius 3 is 2.47 bits per heavy atom. The lowest BCUT2D eigenvalue weighted by Gasteiger charge is -2.22. The summed E-state index contributed by atoms with van der Waals surface area (Å²) in [5.74, 6) is -1.49. The summed E-state index contributed by atoms with van der Waals surface area (Å²) in [5, 5.41) is -0.142. The van der Waals surface area contributed by atoms with Gasteiger partial charge in [-0.1, -0.05) is 53.6 Å². The minimum atomic E-state index is -0.606. The van der Waals surface area contributed by atoms with E-state index in [0.717, 1.165) is 39.8 Å². The number of hydrogen-bond donors (Lipinski definition) is 0. The minimum Gasteiger partial charge on any atom is -0.336 e. The van der Waals surface area contributed by atoms with Crippen molar-refractivity contribution < 1.29 is 14.0 Å². The Labute approximate surface area is 190 Å². The highest BCUT2D eigenvalue weighted by molar-refractivity contribution is 6.46. The van der Waals surface area contributed by atoms with Gasteiger partial charge in [0.05, 0.1) is 16.3 Å². The second-order valence-corrected chi connectivity index (χ2v) is 8.52. The Balaban J connectivity index is 1.71. The second kappa shape index (κ2) is 7.61. The summed E-state index contributed by atoms with van der Waals surface area (Å²) in [6.45, 7) is 4.51. The standard InChI is InChI=1S/C26H20ClFN2O2/c1-15-7-9-19(16(2)13-15)23-24(29-12-11-17-5-3-4-6-22(17)29)26(32)30(25(23)31)18-8-10-21(28)20(27)14-18/h3-10,13-14H,11-12H2,1-2H3. The molecule has 2 aliphatic heterocycles. The van der Waals surface area contributed by atoms with Crippen LogP contribution in [0.5, 0.6) is 0 Å². The van der Waals surface area contributed by atoms with E-state index in [9.17, 15) is 14.0 Å². The second-order valence-electron chi connectivity index (χ2n) is 8.12. The van der Waals surface area contributed by atoms with Gasteiger partial charge in [0.15, 0.2) is 0 Å². The summed E-state index contributed by atoms with van der Waals surface area (Å²) in [6, 6.07) is 17.6. The molecule has 32 heavy (non-hydrogen) atoms. The van der Waals surface area contributed by atoms with E-state index < -0.39 is 17.6 Å². The van der Waals surface area contributed by atoms with E-state index >= 15 is 0 Å². The fourth-order valence-corrected chi connectivity index (χ4v) is 4.71. The van der Waals surface area contributed by atoms with E-state index in [1.165, 1.54) is 12.1 Å². The van der Waals surface area contributed by atoms with Gasteiger partial charge >= 0.3 is 0 Å². The van der Waals surface area contributed by atoms with Crippen LogP contribution in [0, 0.1) is 19.7 Å². The molecule has 0 atom stereocenters. The first-order valence-electron chi connectivity index (χ1n) is 10.4. The molecule has 3 aromatic carbocycles. The highest BCUT2D eigenvalue weighted by Gasteiger charge is 2.44. The summed E-state index contributed by atoms with van der Waals surface area (Å²) in [4.78, 5) is 30.5. The third-order valence-electron chi connectivity index (χ3n) is 6.03. The number of carbonyl (C=O) groups excluding carboxylic acids is 2. The molecule has 160 valence electrons. The van der Waals surface area contributed by atoms with Crippen molar-refractivity contribution in [2.45, 2.75) is 20.3 Å². The number of carbonyl (C=O) groups is 2. The van der Waals surface area contributed by atoms with Crippen molar-refractivity contribution in [1.29, 1.82) is 0 Å². The number of anilines is 2. The molecule has 6 heteroatoms. The summed E-state index contributed by atoms with van der Waals surface area (Å²) in [5.41, 5.74) is 5.68. The van der Waals surface area contributed by atoms with Crippen LogP contribution in [0.1, 0.15) is 22.3 Å². The number of fused-ring (bicyclic) bond motifs is 1. The van der Waals surface area contributed by atoms with Crippen molar-refractivity contribution in [3.8, 4) is 0 Å². The summed E-state index contributed by atoms with van der Waals surface area (Å²) < 4.78 is 13.8. The molecule has 0 fully saturated rings. The zero-order chi connectivity index (χ0) is 22.6. The number of nitrogens with zero attached hydrogens (tertiary/aromatic N) is 2. The normalized spacial score (nSPS) is 15.8. The Morgan fingerprint density at radius 2 is 1.72 bits per heavy atom. The first kappa shape index (κ1) is 20.5. The minimum absolute atomic E-state index is 0.142. The fraction of sp³-hybridized carbons (Fsp3) is 0.154. The van der Waals surface area contributed by atoms with Crippen molar-refractivity contribution in [3.63, 3.8) is 0 Å². The maximum atomic E-state index is 13.8. The van der Waals surface area contributed by atoms with Crippen LogP contribution in [0.3, 0.4) is 0 Å². The van der Waals surface area contributed by atoms with Gasteiger partial charge in [-0.05, 0) is 61.2 Å². The van der Waals surface area contributed by atoms with Crippen molar-refractivity contribution in [2.75, 3.05) is 16.3 Å². The van der Waals surface area contributed by atoms with E-state index in [-0.39, 0.29) is 10.7 Å². The average Bonchev–Trinajstić information content (AvgIpc) is 3.29. The molecule has 0 saturated carbocycles. The smallest absolute Gasteiger partial charge is 0.282 e. The highest BCUT2D eigenvalue weighted by Crippen LogP contribution is 2.41. The molecule has 2 amide bonds. The van der Waals surface area contributed by atoms with Crippen LogP contribution in [0.25, 0.3) is 5.57 Å². The number of halogens is 2. The lowest BCUT2D eigenvalue weighted by molar-refractivity contribution is -0.120. The molecule has 0 saturated heterocycles. The number of benzene rings is 3. The molecule has 0 spiro atoms. The molecule has 2 heterocycles. The van der Waals surface area contributed by atoms with Gasteiger partial charge in [-0.3, -0.25) is 9.59 Å². The molecule has 0 radical (unpaired) electrons. The third kappa shape index (κ3) is 3.12. The van der Waals surface area contributed by atoms with Gasteiger partial charge in [0.25, 0.3) is 11.8 Å². The van der Waals surface area contributed by atoms with Crippen LogP contribution in [0.15, 0.2) is 66.4 Å². The molecule has 2 aliphatic rings. The van der Waals surface area contributed by atoms with Crippen LogP contribution >= 0.6 is 11.6 Å². The van der Waals surface area contributed by atoms with Crippen LogP contribution in [0.4, 0.5) is 15.8 Å². The molecular weight excluding hydrogens is 427 g/mol. The van der Waals surface area contributed by atoms with Crippen LogP contribution in [0.2, 0.25) is 5.02 Å². The molecule has 0 N–H and O–H groups in total. The fourth-order valence-electron chi connectivity index (χ4n) is 4.53. The Hall–Kier alpha value is -3.44. The maximum Gasteiger partial charge on any atom is 0.282 e. The number of aryl methyl sites for hydroxylation is 2. The van der Waals surface area contributed by atoms with Gasteiger partial charge in [-0.25, -0.2) is 9.29 Å². The van der Waals surface area contributed by atoms with E-state index in [1.807, 2.05) is 61.2 Å². The van der Waals surface area contributed by atoms with E-state index in [0.29, 0.717) is 23.4 Å². The molecule has 0 aromatic heterocycles. The summed E-state index contributed by atoms with van der Waals surface area (Å²) in [7, 11) is 0. The van der Waals surface area contributed by atoms with Gasteiger partial charge < -0.3 is 4.90 Å². The van der Waals surface area contributed by atoms with Crippen LogP contribution < -0.4 is 9.80 Å². The van der Waals surface area contributed by atoms with E-state index in [4.69, 9.17) is 11.6 Å². The first-order chi connectivity index (χ1) is 15.4. The lowest BCUT2D eigenvalue weighted by atomic mass is 9.97. The predicted molar refractivity (Wildman–Crippen MR) is 124 cm³/mol. The quantitative estimate of drug-likeness (QED) is 0.503. The maximum absolute atomic E-state index is 13.8. The van der Waals surface area contributed by atoms with Crippen LogP contribution in [-0.4, -0.2) is 18.4 Å². The van der Waals surface area contributed by atoms with E-state index in [2.05, 4.69) is 0 Å². The highest BCUT2D eigenvalue weighted by atomic mass is 35.5. The predicted octanol–water partition coefficient (Wildman–Crippen LogP) is 5.44. The Morgan fingerprint density at radius 1 is 0.938 bits per heavy atom. The number of para-hydroxylation sites is 1. The van der Waals surface area contributed by atoms with Crippen LogP contribution in [-0.2, 0) is 16.0 Å². The molecule has 4 nitrogen and oxygen atoms in total. The lowest BCUT2D eigenvalue weighted by Crippen LogP contribution is -2.34. The average molecular weight is 447 g/mol. The van der Waals surface area contributed by atoms with Crippen molar-refractivity contribution in [2.24, 2.45) is 0 Å². The molecular formula is C26H20ClFN2O2. The number of rotatable bonds is 3. The SMILES string of the molecule is Cc1ccc(C2=C(N3CCc4ccccc43)C(=O)N(c3ccc(F)c(Cl)c3)C2=O)c(C)c1. The topological polar surface area (TPSA) is 40.6 Å². The third-order valence-corrected chi connectivity index (χ3v) is 6.32. The first-order valence-corrected chi connectivity index (χ1v) is 10.8. The van der Waals surface area contributed by atoms with Gasteiger partial charge in [-0.15, -0.1) is 0 Å². The summed E-state index contributed by atoms with van der Waals surface area (Å²) >= 11 is 5.97. The summed E-state index contributed by atoms with van der Waals surface area (Å²) in [6.07, 6.45) is 0.781. The molecule has 0 bridgehead atoms. The van der Waals surface area contributed by atoms with Gasteiger partial charge in [0.1, 0.15) is 11.5 Å². The van der Waals surface area contributed by atoms with Crippen molar-refractivity contribution in [3.05, 3.63) is 99.5 Å². The zero-order valence-electron chi connectivity index (χ0n) is 17.7. The van der Waals surface area contributed by atoms with Crippen molar-refractivity contribution >= 4 is 40.4 Å². The number of imide groups is 1. The largest absolute Gasteiger partial charge is 0.336 e. The van der Waals surface area contributed by atoms with Gasteiger partial charge in [-0.2, -0.15) is 0 Å². The monoisotopic (exact) mass is 446 g/mol. The number of amides is 2. The van der Waals surface area contributed by atoms with E-state index in [1.54, 1.807) is 0 Å². The Bertz CT molecular complexity index is 1330.